The smallest absolute Gasteiger partial charge is 0.308 e. The Morgan fingerprint density at radius 1 is 1.36 bits per heavy atom. The molecular formula is C18H20N2O3S2. The third kappa shape index (κ3) is 4.61. The number of aliphatic carboxylic acids is 1. The number of thioether (sulfide) groups is 1. The number of carbonyl (C=O) groups excluding carboxylic acids is 1. The van der Waals surface area contributed by atoms with Crippen molar-refractivity contribution < 1.29 is 14.7 Å². The molecule has 1 atom stereocenters. The number of hydrogen-bond acceptors (Lipinski definition) is 5. The molecular weight excluding hydrogens is 356 g/mol. The fraction of sp³-hybridized carbons (Fsp3) is 0.389. The van der Waals surface area contributed by atoms with E-state index in [0.717, 1.165) is 27.8 Å². The van der Waals surface area contributed by atoms with Gasteiger partial charge in [0, 0.05) is 34.7 Å². The SMILES string of the molecule is Cc1nc(CSc2ccc(C(=O)N3CCC[C@H](C(=O)O)C3)cc2)cs1. The molecule has 1 N–H and O–H groups in total. The van der Waals surface area contributed by atoms with Gasteiger partial charge in [0.15, 0.2) is 0 Å². The highest BCUT2D eigenvalue weighted by molar-refractivity contribution is 7.98. The summed E-state index contributed by atoms with van der Waals surface area (Å²) < 4.78 is 0. The molecule has 1 amide bonds. The number of thiazole rings is 1. The minimum atomic E-state index is -0.818. The van der Waals surface area contributed by atoms with Gasteiger partial charge in [0.05, 0.1) is 16.6 Å². The Kier molecular flexibility index (Phi) is 5.75. The third-order valence-corrected chi connectivity index (χ3v) is 6.08. The number of aromatic nitrogens is 1. The molecule has 1 aromatic carbocycles. The van der Waals surface area contributed by atoms with Crippen LogP contribution in [0.4, 0.5) is 0 Å². The molecule has 1 aromatic heterocycles. The zero-order valence-electron chi connectivity index (χ0n) is 14.0. The van der Waals surface area contributed by atoms with E-state index in [0.29, 0.717) is 25.1 Å². The van der Waals surface area contributed by atoms with Crippen molar-refractivity contribution in [2.45, 2.75) is 30.4 Å². The summed E-state index contributed by atoms with van der Waals surface area (Å²) in [5.74, 6) is -0.544. The van der Waals surface area contributed by atoms with Crippen LogP contribution in [0.2, 0.25) is 0 Å². The summed E-state index contributed by atoms with van der Waals surface area (Å²) in [6, 6.07) is 7.52. The van der Waals surface area contributed by atoms with Gasteiger partial charge in [-0.3, -0.25) is 9.59 Å². The first-order valence-corrected chi connectivity index (χ1v) is 10.1. The van der Waals surface area contributed by atoms with E-state index in [-0.39, 0.29) is 5.91 Å². The first kappa shape index (κ1) is 17.9. The molecule has 7 heteroatoms. The highest BCUT2D eigenvalue weighted by Gasteiger charge is 2.28. The van der Waals surface area contributed by atoms with Crippen LogP contribution in [0.1, 0.15) is 33.9 Å². The Morgan fingerprint density at radius 2 is 2.12 bits per heavy atom. The van der Waals surface area contributed by atoms with Crippen LogP contribution in [-0.4, -0.2) is 40.0 Å². The number of amides is 1. The normalized spacial score (nSPS) is 17.5. The van der Waals surface area contributed by atoms with Crippen molar-refractivity contribution in [1.82, 2.24) is 9.88 Å². The Hall–Kier alpha value is -1.86. The van der Waals surface area contributed by atoms with Crippen LogP contribution in [0, 0.1) is 12.8 Å². The van der Waals surface area contributed by atoms with Gasteiger partial charge >= 0.3 is 5.97 Å². The number of hydrogen-bond donors (Lipinski definition) is 1. The Morgan fingerprint density at radius 3 is 2.76 bits per heavy atom. The van der Waals surface area contributed by atoms with E-state index < -0.39 is 11.9 Å². The molecule has 0 saturated carbocycles. The first-order chi connectivity index (χ1) is 12.0. The number of nitrogens with zero attached hydrogens (tertiary/aromatic N) is 2. The van der Waals surface area contributed by atoms with Gasteiger partial charge in [0.25, 0.3) is 5.91 Å². The quantitative estimate of drug-likeness (QED) is 0.806. The lowest BCUT2D eigenvalue weighted by Gasteiger charge is -2.30. The summed E-state index contributed by atoms with van der Waals surface area (Å²) in [6.07, 6.45) is 1.38. The molecule has 1 saturated heterocycles. The lowest BCUT2D eigenvalue weighted by Crippen LogP contribution is -2.42. The predicted molar refractivity (Wildman–Crippen MR) is 99.1 cm³/mol. The average Bonchev–Trinajstić information content (AvgIpc) is 3.05. The summed E-state index contributed by atoms with van der Waals surface area (Å²) in [6.45, 7) is 2.92. The van der Waals surface area contributed by atoms with Gasteiger partial charge in [-0.2, -0.15) is 0 Å². The molecule has 1 aliphatic heterocycles. The highest BCUT2D eigenvalue weighted by Crippen LogP contribution is 2.25. The standard InChI is InChI=1S/C18H20N2O3S2/c1-12-19-15(10-24-12)11-25-16-6-4-13(5-7-16)17(21)20-8-2-3-14(9-20)18(22)23/h4-7,10,14H,2-3,8-9,11H2,1H3,(H,22,23)/t14-/m0/s1. The van der Waals surface area contributed by atoms with E-state index in [1.54, 1.807) is 28.0 Å². The second kappa shape index (κ2) is 8.01. The number of likely N-dealkylation sites (tertiary alicyclic amines) is 1. The fourth-order valence-electron chi connectivity index (χ4n) is 2.87. The van der Waals surface area contributed by atoms with Crippen molar-refractivity contribution in [1.29, 1.82) is 0 Å². The third-order valence-electron chi connectivity index (χ3n) is 4.21. The van der Waals surface area contributed by atoms with Crippen LogP contribution in [0.25, 0.3) is 0 Å². The van der Waals surface area contributed by atoms with Crippen molar-refractivity contribution >= 4 is 35.0 Å². The molecule has 25 heavy (non-hydrogen) atoms. The largest absolute Gasteiger partial charge is 0.481 e. The number of carboxylic acids is 1. The first-order valence-electron chi connectivity index (χ1n) is 8.19. The second-order valence-electron chi connectivity index (χ2n) is 6.10. The number of aryl methyl sites for hydroxylation is 1. The number of carbonyl (C=O) groups is 2. The summed E-state index contributed by atoms with van der Waals surface area (Å²) in [7, 11) is 0. The van der Waals surface area contributed by atoms with E-state index in [9.17, 15) is 9.59 Å². The van der Waals surface area contributed by atoms with E-state index in [1.807, 2.05) is 31.2 Å². The predicted octanol–water partition coefficient (Wildman–Crippen LogP) is 3.68. The molecule has 0 spiro atoms. The maximum atomic E-state index is 12.6. The molecule has 0 radical (unpaired) electrons. The Balaban J connectivity index is 1.59. The van der Waals surface area contributed by atoms with E-state index in [2.05, 4.69) is 10.4 Å². The van der Waals surface area contributed by atoms with Crippen LogP contribution >= 0.6 is 23.1 Å². The van der Waals surface area contributed by atoms with Crippen molar-refractivity contribution in [3.63, 3.8) is 0 Å². The van der Waals surface area contributed by atoms with E-state index >= 15 is 0 Å². The second-order valence-corrected chi connectivity index (χ2v) is 8.21. The average molecular weight is 377 g/mol. The maximum absolute atomic E-state index is 12.6. The molecule has 0 bridgehead atoms. The van der Waals surface area contributed by atoms with Gasteiger partial charge in [0.2, 0.25) is 0 Å². The topological polar surface area (TPSA) is 70.5 Å². The molecule has 1 fully saturated rings. The minimum Gasteiger partial charge on any atom is -0.481 e. The molecule has 0 aliphatic carbocycles. The van der Waals surface area contributed by atoms with Gasteiger partial charge in [-0.1, -0.05) is 0 Å². The molecule has 1 aliphatic rings. The number of rotatable bonds is 5. The summed E-state index contributed by atoms with van der Waals surface area (Å²) in [4.78, 5) is 30.9. The van der Waals surface area contributed by atoms with Crippen LogP contribution in [0.3, 0.4) is 0 Å². The zero-order chi connectivity index (χ0) is 17.8. The highest BCUT2D eigenvalue weighted by atomic mass is 32.2. The molecule has 5 nitrogen and oxygen atoms in total. The van der Waals surface area contributed by atoms with E-state index in [1.165, 1.54) is 0 Å². The van der Waals surface area contributed by atoms with Crippen molar-refractivity contribution in [3.05, 3.63) is 45.9 Å². The maximum Gasteiger partial charge on any atom is 0.308 e. The van der Waals surface area contributed by atoms with Crippen LogP contribution in [-0.2, 0) is 10.5 Å². The summed E-state index contributed by atoms with van der Waals surface area (Å²) in [5, 5.41) is 12.3. The van der Waals surface area contributed by atoms with Crippen LogP contribution in [0.15, 0.2) is 34.5 Å². The van der Waals surface area contributed by atoms with Gasteiger partial charge in [-0.05, 0) is 44.0 Å². The lowest BCUT2D eigenvalue weighted by molar-refractivity contribution is -0.143. The fourth-order valence-corrected chi connectivity index (χ4v) is 4.38. The Labute approximate surface area is 155 Å². The summed E-state index contributed by atoms with van der Waals surface area (Å²) in [5.41, 5.74) is 1.68. The van der Waals surface area contributed by atoms with Crippen molar-refractivity contribution in [2.75, 3.05) is 13.1 Å². The van der Waals surface area contributed by atoms with Gasteiger partial charge in [-0.25, -0.2) is 4.98 Å². The van der Waals surface area contributed by atoms with Crippen molar-refractivity contribution in [3.8, 4) is 0 Å². The number of carboxylic acid groups (broad SMARTS) is 1. The molecule has 3 rings (SSSR count). The lowest BCUT2D eigenvalue weighted by atomic mass is 9.97. The van der Waals surface area contributed by atoms with Crippen LogP contribution < -0.4 is 0 Å². The summed E-state index contributed by atoms with van der Waals surface area (Å²) >= 11 is 3.34. The molecule has 2 aromatic rings. The van der Waals surface area contributed by atoms with Gasteiger partial charge in [0.1, 0.15) is 0 Å². The number of piperidine rings is 1. The van der Waals surface area contributed by atoms with E-state index in [4.69, 9.17) is 5.11 Å². The van der Waals surface area contributed by atoms with Crippen LogP contribution in [0.5, 0.6) is 0 Å². The van der Waals surface area contributed by atoms with Crippen molar-refractivity contribution in [2.24, 2.45) is 5.92 Å². The van der Waals surface area contributed by atoms with Gasteiger partial charge < -0.3 is 10.0 Å². The molecule has 2 heterocycles. The molecule has 0 unspecified atom stereocenters. The van der Waals surface area contributed by atoms with Gasteiger partial charge in [-0.15, -0.1) is 23.1 Å². The minimum absolute atomic E-state index is 0.0855. The monoisotopic (exact) mass is 376 g/mol. The zero-order valence-corrected chi connectivity index (χ0v) is 15.6. The number of benzene rings is 1. The molecule has 132 valence electrons. The Bertz CT molecular complexity index is 758.